The number of halogens is 1. The van der Waals surface area contributed by atoms with Gasteiger partial charge in [-0.1, -0.05) is 6.92 Å². The van der Waals surface area contributed by atoms with Crippen molar-refractivity contribution in [3.63, 3.8) is 0 Å². The fraction of sp³-hybridized carbons (Fsp3) is 0.389. The van der Waals surface area contributed by atoms with E-state index in [9.17, 15) is 19.6 Å². The Balaban J connectivity index is 2.20. The topological polar surface area (TPSA) is 77.2 Å². The monoisotopic (exact) mass is 327 g/mol. The Morgan fingerprint density at radius 1 is 1.46 bits per heavy atom. The summed E-state index contributed by atoms with van der Waals surface area (Å²) in [5.74, 6) is -1.56. The molecule has 0 aliphatic carbocycles. The van der Waals surface area contributed by atoms with Crippen LogP contribution in [0.25, 0.3) is 10.9 Å². The number of piperidine rings is 1. The van der Waals surface area contributed by atoms with E-state index in [-0.39, 0.29) is 5.92 Å². The molecule has 1 aromatic heterocycles. The molecule has 0 radical (unpaired) electrons. The third-order valence-corrected chi connectivity index (χ3v) is 4.54. The van der Waals surface area contributed by atoms with Crippen molar-refractivity contribution in [2.24, 2.45) is 11.8 Å². The molecule has 2 aromatic rings. The molecule has 124 valence electrons. The zero-order valence-corrected chi connectivity index (χ0v) is 13.6. The number of carboxylic acid groups (broad SMARTS) is 1. The summed E-state index contributed by atoms with van der Waals surface area (Å²) in [4.78, 5) is 17.6. The van der Waals surface area contributed by atoms with Crippen molar-refractivity contribution in [2.75, 3.05) is 18.0 Å². The molecule has 1 saturated heterocycles. The van der Waals surface area contributed by atoms with Crippen molar-refractivity contribution in [3.8, 4) is 6.07 Å². The molecule has 1 N–H and O–H groups in total. The highest BCUT2D eigenvalue weighted by molar-refractivity contribution is 5.96. The summed E-state index contributed by atoms with van der Waals surface area (Å²) in [5.41, 5.74) is 2.25. The summed E-state index contributed by atoms with van der Waals surface area (Å²) in [5, 5.41) is 19.4. The number of benzene rings is 1. The Morgan fingerprint density at radius 2 is 2.21 bits per heavy atom. The van der Waals surface area contributed by atoms with Crippen molar-refractivity contribution in [1.29, 1.82) is 5.26 Å². The summed E-state index contributed by atoms with van der Waals surface area (Å²) >= 11 is 0. The first-order chi connectivity index (χ1) is 11.4. The van der Waals surface area contributed by atoms with E-state index in [0.717, 1.165) is 0 Å². The fourth-order valence-corrected chi connectivity index (χ4v) is 3.56. The van der Waals surface area contributed by atoms with Gasteiger partial charge in [0.15, 0.2) is 0 Å². The highest BCUT2D eigenvalue weighted by Gasteiger charge is 2.31. The Morgan fingerprint density at radius 3 is 2.88 bits per heavy atom. The van der Waals surface area contributed by atoms with Crippen LogP contribution >= 0.6 is 0 Å². The van der Waals surface area contributed by atoms with E-state index >= 15 is 0 Å². The van der Waals surface area contributed by atoms with Gasteiger partial charge in [-0.2, -0.15) is 5.26 Å². The molecular formula is C18H18FN3O2. The van der Waals surface area contributed by atoms with E-state index in [1.807, 2.05) is 11.8 Å². The third kappa shape index (κ3) is 2.78. The first-order valence-electron chi connectivity index (χ1n) is 7.87. The summed E-state index contributed by atoms with van der Waals surface area (Å²) in [7, 11) is 0. The van der Waals surface area contributed by atoms with Gasteiger partial charge in [-0.05, 0) is 37.0 Å². The molecule has 5 nitrogen and oxygen atoms in total. The lowest BCUT2D eigenvalue weighted by Gasteiger charge is -2.37. The predicted molar refractivity (Wildman–Crippen MR) is 88.3 cm³/mol. The van der Waals surface area contributed by atoms with Crippen LogP contribution in [-0.4, -0.2) is 29.1 Å². The van der Waals surface area contributed by atoms with Gasteiger partial charge in [0, 0.05) is 24.7 Å². The second-order valence-electron chi connectivity index (χ2n) is 6.53. The maximum absolute atomic E-state index is 13.9. The molecule has 2 heterocycles. The highest BCUT2D eigenvalue weighted by Crippen LogP contribution is 2.35. The molecule has 24 heavy (non-hydrogen) atoms. The molecule has 1 aliphatic heterocycles. The lowest BCUT2D eigenvalue weighted by Crippen LogP contribution is -2.43. The maximum Gasteiger partial charge on any atom is 0.308 e. The number of carbonyl (C=O) groups is 1. The number of anilines is 1. The lowest BCUT2D eigenvalue weighted by atomic mass is 9.89. The first kappa shape index (κ1) is 16.2. The van der Waals surface area contributed by atoms with Crippen LogP contribution in [0.3, 0.4) is 0 Å². The minimum Gasteiger partial charge on any atom is -0.481 e. The van der Waals surface area contributed by atoms with Gasteiger partial charge in [0.05, 0.1) is 22.7 Å². The van der Waals surface area contributed by atoms with E-state index in [0.29, 0.717) is 47.2 Å². The number of fused-ring (bicyclic) bond motifs is 1. The van der Waals surface area contributed by atoms with Crippen LogP contribution in [0.5, 0.6) is 0 Å². The quantitative estimate of drug-likeness (QED) is 0.917. The van der Waals surface area contributed by atoms with E-state index in [1.165, 1.54) is 18.3 Å². The molecule has 0 amide bonds. The van der Waals surface area contributed by atoms with Gasteiger partial charge < -0.3 is 10.0 Å². The molecule has 0 spiro atoms. The third-order valence-electron chi connectivity index (χ3n) is 4.54. The van der Waals surface area contributed by atoms with E-state index < -0.39 is 17.7 Å². The number of aryl methyl sites for hydroxylation is 1. The molecule has 2 unspecified atom stereocenters. The summed E-state index contributed by atoms with van der Waals surface area (Å²) in [6.45, 7) is 4.70. The zero-order chi connectivity index (χ0) is 17.4. The Bertz CT molecular complexity index is 859. The molecule has 0 saturated carbocycles. The van der Waals surface area contributed by atoms with Gasteiger partial charge >= 0.3 is 5.97 Å². The number of aliphatic carboxylic acids is 1. The number of aromatic nitrogens is 1. The average molecular weight is 327 g/mol. The first-order valence-corrected chi connectivity index (χ1v) is 7.87. The second-order valence-corrected chi connectivity index (χ2v) is 6.53. The normalized spacial score (nSPS) is 20.8. The van der Waals surface area contributed by atoms with Crippen molar-refractivity contribution in [3.05, 3.63) is 35.3 Å². The lowest BCUT2D eigenvalue weighted by molar-refractivity contribution is -0.142. The van der Waals surface area contributed by atoms with E-state index in [4.69, 9.17) is 0 Å². The number of pyridine rings is 1. The van der Waals surface area contributed by atoms with Crippen LogP contribution in [0.15, 0.2) is 18.3 Å². The minimum absolute atomic E-state index is 0.171. The molecule has 2 atom stereocenters. The highest BCUT2D eigenvalue weighted by atomic mass is 19.1. The maximum atomic E-state index is 13.9. The summed E-state index contributed by atoms with van der Waals surface area (Å²) in [6.07, 6.45) is 2.09. The van der Waals surface area contributed by atoms with Crippen LogP contribution in [0.1, 0.15) is 24.5 Å². The molecule has 3 rings (SSSR count). The van der Waals surface area contributed by atoms with Gasteiger partial charge in [-0.25, -0.2) is 4.39 Å². The van der Waals surface area contributed by atoms with Crippen molar-refractivity contribution < 1.29 is 14.3 Å². The average Bonchev–Trinajstić information content (AvgIpc) is 2.52. The van der Waals surface area contributed by atoms with Gasteiger partial charge in [-0.15, -0.1) is 0 Å². The number of carboxylic acids is 1. The van der Waals surface area contributed by atoms with Gasteiger partial charge in [0.25, 0.3) is 0 Å². The second kappa shape index (κ2) is 6.08. The van der Waals surface area contributed by atoms with Crippen molar-refractivity contribution >= 4 is 22.6 Å². The van der Waals surface area contributed by atoms with Gasteiger partial charge in [0.1, 0.15) is 11.9 Å². The molecular weight excluding hydrogens is 309 g/mol. The fourth-order valence-electron chi connectivity index (χ4n) is 3.56. The Labute approximate surface area is 139 Å². The van der Waals surface area contributed by atoms with Crippen LogP contribution in [0.2, 0.25) is 0 Å². The SMILES string of the molecule is Cc1cc(F)cc2c(N3CC(C)CC(C(=O)O)C3)c(C#N)cnc12. The summed E-state index contributed by atoms with van der Waals surface area (Å²) < 4.78 is 13.9. The van der Waals surface area contributed by atoms with Gasteiger partial charge in [-0.3, -0.25) is 9.78 Å². The van der Waals surface area contributed by atoms with E-state index in [1.54, 1.807) is 6.92 Å². The summed E-state index contributed by atoms with van der Waals surface area (Å²) in [6, 6.07) is 4.89. The largest absolute Gasteiger partial charge is 0.481 e. The van der Waals surface area contributed by atoms with Crippen LogP contribution in [-0.2, 0) is 4.79 Å². The van der Waals surface area contributed by atoms with E-state index in [2.05, 4.69) is 11.1 Å². The number of nitriles is 1. The zero-order valence-electron chi connectivity index (χ0n) is 13.6. The predicted octanol–water partition coefficient (Wildman–Crippen LogP) is 3.10. The molecule has 1 fully saturated rings. The minimum atomic E-state index is -0.842. The number of nitrogens with zero attached hydrogens (tertiary/aromatic N) is 3. The smallest absolute Gasteiger partial charge is 0.308 e. The number of rotatable bonds is 2. The number of hydrogen-bond acceptors (Lipinski definition) is 4. The van der Waals surface area contributed by atoms with Crippen LogP contribution in [0, 0.1) is 35.9 Å². The van der Waals surface area contributed by atoms with Crippen LogP contribution in [0.4, 0.5) is 10.1 Å². The Hall–Kier alpha value is -2.68. The standard InChI is InChI=1S/C18H18FN3O2/c1-10-3-12(18(23)24)9-22(8-10)17-13(6-20)7-21-16-11(2)4-14(19)5-15(16)17/h4-5,7,10,12H,3,8-9H2,1-2H3,(H,23,24). The van der Waals surface area contributed by atoms with Crippen molar-refractivity contribution in [1.82, 2.24) is 4.98 Å². The molecule has 1 aromatic carbocycles. The van der Waals surface area contributed by atoms with Gasteiger partial charge in [0.2, 0.25) is 0 Å². The Kier molecular flexibility index (Phi) is 4.10. The molecule has 6 heteroatoms. The van der Waals surface area contributed by atoms with Crippen LogP contribution < -0.4 is 4.90 Å². The molecule has 1 aliphatic rings. The van der Waals surface area contributed by atoms with Crippen molar-refractivity contribution in [2.45, 2.75) is 20.3 Å². The molecule has 0 bridgehead atoms. The number of hydrogen-bond donors (Lipinski definition) is 1.